The molecule has 3 nitrogen and oxygen atoms in total. The van der Waals surface area contributed by atoms with Crippen LogP contribution in [0.25, 0.3) is 0 Å². The van der Waals surface area contributed by atoms with E-state index in [1.165, 1.54) is 5.56 Å². The molecule has 2 aromatic rings. The van der Waals surface area contributed by atoms with Gasteiger partial charge in [-0.3, -0.25) is 0 Å². The van der Waals surface area contributed by atoms with Gasteiger partial charge in [0.05, 0.1) is 6.61 Å². The van der Waals surface area contributed by atoms with Gasteiger partial charge >= 0.3 is 0 Å². The smallest absolute Gasteiger partial charge is 0.130 e. The Labute approximate surface area is 134 Å². The Morgan fingerprint density at radius 2 is 1.86 bits per heavy atom. The highest BCUT2D eigenvalue weighted by atomic mass is 79.9. The van der Waals surface area contributed by atoms with Crippen LogP contribution in [0.15, 0.2) is 46.9 Å². The summed E-state index contributed by atoms with van der Waals surface area (Å²) in [6, 6.07) is 14.1. The van der Waals surface area contributed by atoms with Gasteiger partial charge in [0.1, 0.15) is 11.5 Å². The van der Waals surface area contributed by atoms with Crippen LogP contribution in [0, 0.1) is 6.92 Å². The van der Waals surface area contributed by atoms with Crippen molar-refractivity contribution in [3.8, 4) is 11.5 Å². The van der Waals surface area contributed by atoms with E-state index >= 15 is 0 Å². The van der Waals surface area contributed by atoms with Crippen LogP contribution in [-0.4, -0.2) is 20.3 Å². The van der Waals surface area contributed by atoms with Crippen LogP contribution >= 0.6 is 15.9 Å². The first-order valence-corrected chi connectivity index (χ1v) is 7.71. The highest BCUT2D eigenvalue weighted by molar-refractivity contribution is 9.10. The van der Waals surface area contributed by atoms with Crippen LogP contribution in [0.5, 0.6) is 11.5 Å². The number of benzene rings is 2. The van der Waals surface area contributed by atoms with Crippen LogP contribution in [0.4, 0.5) is 0 Å². The molecule has 0 atom stereocenters. The molecule has 0 aliphatic rings. The van der Waals surface area contributed by atoms with E-state index in [2.05, 4.69) is 40.3 Å². The van der Waals surface area contributed by atoms with Gasteiger partial charge in [0, 0.05) is 24.7 Å². The lowest BCUT2D eigenvalue weighted by Crippen LogP contribution is -2.18. The SMILES string of the molecule is COCCNCc1ccc(Oc2ccc(Br)cc2)c(C)c1. The summed E-state index contributed by atoms with van der Waals surface area (Å²) in [4.78, 5) is 0. The van der Waals surface area contributed by atoms with Crippen molar-refractivity contribution in [3.63, 3.8) is 0 Å². The molecule has 0 fully saturated rings. The molecule has 0 aliphatic heterocycles. The predicted molar refractivity (Wildman–Crippen MR) is 89.0 cm³/mol. The fourth-order valence-corrected chi connectivity index (χ4v) is 2.24. The van der Waals surface area contributed by atoms with Crippen molar-refractivity contribution < 1.29 is 9.47 Å². The second kappa shape index (κ2) is 8.17. The summed E-state index contributed by atoms with van der Waals surface area (Å²) in [5, 5.41) is 3.33. The lowest BCUT2D eigenvalue weighted by Gasteiger charge is -2.11. The van der Waals surface area contributed by atoms with Crippen LogP contribution in [-0.2, 0) is 11.3 Å². The molecule has 0 aromatic heterocycles. The number of nitrogens with one attached hydrogen (secondary N) is 1. The minimum atomic E-state index is 0.726. The fourth-order valence-electron chi connectivity index (χ4n) is 1.97. The molecule has 0 aliphatic carbocycles. The van der Waals surface area contributed by atoms with Gasteiger partial charge in [-0.05, 0) is 48.4 Å². The quantitative estimate of drug-likeness (QED) is 0.756. The van der Waals surface area contributed by atoms with E-state index < -0.39 is 0 Å². The molecule has 0 saturated heterocycles. The van der Waals surface area contributed by atoms with Crippen molar-refractivity contribution in [2.45, 2.75) is 13.5 Å². The zero-order chi connectivity index (χ0) is 15.1. The van der Waals surface area contributed by atoms with Gasteiger partial charge in [0.25, 0.3) is 0 Å². The number of hydrogen-bond acceptors (Lipinski definition) is 3. The normalized spacial score (nSPS) is 10.6. The van der Waals surface area contributed by atoms with Crippen molar-refractivity contribution in [1.29, 1.82) is 0 Å². The van der Waals surface area contributed by atoms with Crippen molar-refractivity contribution in [2.24, 2.45) is 0 Å². The molecule has 1 N–H and O–H groups in total. The largest absolute Gasteiger partial charge is 0.457 e. The molecule has 4 heteroatoms. The summed E-state index contributed by atoms with van der Waals surface area (Å²) < 4.78 is 12.0. The standard InChI is InChI=1S/C17H20BrNO2/c1-13-11-14(12-19-9-10-20-2)3-8-17(13)21-16-6-4-15(18)5-7-16/h3-8,11,19H,9-10,12H2,1-2H3. The van der Waals surface area contributed by atoms with Crippen molar-refractivity contribution in [3.05, 3.63) is 58.1 Å². The molecule has 0 spiro atoms. The number of ether oxygens (including phenoxy) is 2. The van der Waals surface area contributed by atoms with Crippen LogP contribution in [0.1, 0.15) is 11.1 Å². The number of halogens is 1. The molecule has 0 bridgehead atoms. The molecule has 0 radical (unpaired) electrons. The van der Waals surface area contributed by atoms with E-state index in [0.717, 1.165) is 41.2 Å². The summed E-state index contributed by atoms with van der Waals surface area (Å²) in [6.45, 7) is 4.48. The number of hydrogen-bond donors (Lipinski definition) is 1. The van der Waals surface area contributed by atoms with Gasteiger partial charge < -0.3 is 14.8 Å². The van der Waals surface area contributed by atoms with E-state index in [1.54, 1.807) is 7.11 Å². The van der Waals surface area contributed by atoms with E-state index in [-0.39, 0.29) is 0 Å². The van der Waals surface area contributed by atoms with Gasteiger partial charge in [-0.2, -0.15) is 0 Å². The van der Waals surface area contributed by atoms with E-state index in [1.807, 2.05) is 30.3 Å². The molecule has 2 aromatic carbocycles. The molecule has 2 rings (SSSR count). The minimum absolute atomic E-state index is 0.726. The van der Waals surface area contributed by atoms with Crippen LogP contribution in [0.3, 0.4) is 0 Å². The summed E-state index contributed by atoms with van der Waals surface area (Å²) in [7, 11) is 1.71. The monoisotopic (exact) mass is 349 g/mol. The molecule has 21 heavy (non-hydrogen) atoms. The second-order valence-electron chi connectivity index (χ2n) is 4.83. The molecular formula is C17H20BrNO2. The van der Waals surface area contributed by atoms with Crippen LogP contribution in [0.2, 0.25) is 0 Å². The third-order valence-electron chi connectivity index (χ3n) is 3.09. The number of rotatable bonds is 7. The summed E-state index contributed by atoms with van der Waals surface area (Å²) in [5.41, 5.74) is 2.37. The third kappa shape index (κ3) is 5.16. The highest BCUT2D eigenvalue weighted by Gasteiger charge is 2.03. The maximum absolute atomic E-state index is 5.90. The lowest BCUT2D eigenvalue weighted by molar-refractivity contribution is 0.199. The summed E-state index contributed by atoms with van der Waals surface area (Å²) in [6.07, 6.45) is 0. The van der Waals surface area contributed by atoms with Gasteiger partial charge in [-0.15, -0.1) is 0 Å². The minimum Gasteiger partial charge on any atom is -0.457 e. The number of aryl methyl sites for hydroxylation is 1. The second-order valence-corrected chi connectivity index (χ2v) is 5.74. The van der Waals surface area contributed by atoms with Crippen LogP contribution < -0.4 is 10.1 Å². The van der Waals surface area contributed by atoms with E-state index in [4.69, 9.17) is 9.47 Å². The lowest BCUT2D eigenvalue weighted by atomic mass is 10.1. The summed E-state index contributed by atoms with van der Waals surface area (Å²) >= 11 is 3.42. The average Bonchev–Trinajstić information content (AvgIpc) is 2.48. The Morgan fingerprint density at radius 3 is 2.52 bits per heavy atom. The van der Waals surface area contributed by atoms with Crippen molar-refractivity contribution in [1.82, 2.24) is 5.32 Å². The molecule has 112 valence electrons. The zero-order valence-corrected chi connectivity index (χ0v) is 13.9. The predicted octanol–water partition coefficient (Wildman–Crippen LogP) is 4.29. The van der Waals surface area contributed by atoms with Gasteiger partial charge in [-0.1, -0.05) is 28.1 Å². The maximum atomic E-state index is 5.90. The molecular weight excluding hydrogens is 330 g/mol. The summed E-state index contributed by atoms with van der Waals surface area (Å²) in [5.74, 6) is 1.73. The van der Waals surface area contributed by atoms with Gasteiger partial charge in [-0.25, -0.2) is 0 Å². The van der Waals surface area contributed by atoms with E-state index in [0.29, 0.717) is 0 Å². The van der Waals surface area contributed by atoms with Gasteiger partial charge in [0.2, 0.25) is 0 Å². The highest BCUT2D eigenvalue weighted by Crippen LogP contribution is 2.26. The Balaban J connectivity index is 1.97. The topological polar surface area (TPSA) is 30.5 Å². The van der Waals surface area contributed by atoms with Crippen molar-refractivity contribution >= 4 is 15.9 Å². The first-order chi connectivity index (χ1) is 10.2. The number of methoxy groups -OCH3 is 1. The van der Waals surface area contributed by atoms with Crippen molar-refractivity contribution in [2.75, 3.05) is 20.3 Å². The first kappa shape index (κ1) is 16.0. The average molecular weight is 350 g/mol. The van der Waals surface area contributed by atoms with E-state index in [9.17, 15) is 0 Å². The third-order valence-corrected chi connectivity index (χ3v) is 3.62. The zero-order valence-electron chi connectivity index (χ0n) is 12.4. The Kier molecular flexibility index (Phi) is 6.23. The molecule has 0 amide bonds. The Morgan fingerprint density at radius 1 is 1.10 bits per heavy atom. The Bertz CT molecular complexity index is 570. The fraction of sp³-hybridized carbons (Fsp3) is 0.294. The van der Waals surface area contributed by atoms with Gasteiger partial charge in [0.15, 0.2) is 0 Å². The molecule has 0 heterocycles. The maximum Gasteiger partial charge on any atom is 0.130 e. The molecule has 0 saturated carbocycles. The molecule has 0 unspecified atom stereocenters. The first-order valence-electron chi connectivity index (χ1n) is 6.91. The Hall–Kier alpha value is -1.36.